The van der Waals surface area contributed by atoms with E-state index in [1.807, 2.05) is 11.0 Å². The van der Waals surface area contributed by atoms with Crippen LogP contribution in [0.3, 0.4) is 0 Å². The molecule has 2 heterocycles. The van der Waals surface area contributed by atoms with E-state index < -0.39 is 6.04 Å². The Morgan fingerprint density at radius 1 is 1.10 bits per heavy atom. The zero-order chi connectivity index (χ0) is 18.6. The van der Waals surface area contributed by atoms with Crippen molar-refractivity contribution in [1.29, 1.82) is 0 Å². The van der Waals surface area contributed by atoms with Gasteiger partial charge in [0.15, 0.2) is 0 Å². The van der Waals surface area contributed by atoms with Gasteiger partial charge in [-0.05, 0) is 55.8 Å². The van der Waals surface area contributed by atoms with Gasteiger partial charge in [0.25, 0.3) is 0 Å². The number of piperidine rings is 1. The number of hydrogen-bond donors (Lipinski definition) is 1. The molecule has 1 N–H and O–H groups in total. The van der Waals surface area contributed by atoms with E-state index in [1.165, 1.54) is 25.0 Å². The zero-order valence-electron chi connectivity index (χ0n) is 16.7. The summed E-state index contributed by atoms with van der Waals surface area (Å²) in [5, 5.41) is 3.66. The van der Waals surface area contributed by atoms with E-state index in [2.05, 4.69) is 10.2 Å². The number of carbonyl (C=O) groups is 1. The van der Waals surface area contributed by atoms with Gasteiger partial charge in [-0.25, -0.2) is 4.39 Å². The van der Waals surface area contributed by atoms with Crippen molar-refractivity contribution in [3.05, 3.63) is 35.6 Å². The van der Waals surface area contributed by atoms with E-state index >= 15 is 0 Å². The number of nitrogens with zero attached hydrogens (tertiary/aromatic N) is 2. The lowest BCUT2D eigenvalue weighted by Crippen LogP contribution is -2.51. The van der Waals surface area contributed by atoms with E-state index in [0.29, 0.717) is 32.3 Å². The number of benzene rings is 1. The van der Waals surface area contributed by atoms with Crippen LogP contribution in [0.15, 0.2) is 24.3 Å². The number of halogens is 3. The lowest BCUT2D eigenvalue weighted by atomic mass is 9.99. The van der Waals surface area contributed by atoms with E-state index in [0.717, 1.165) is 44.0 Å². The van der Waals surface area contributed by atoms with Gasteiger partial charge in [0.05, 0.1) is 13.2 Å². The van der Waals surface area contributed by atoms with Crippen molar-refractivity contribution in [1.82, 2.24) is 15.1 Å². The second-order valence-electron chi connectivity index (χ2n) is 8.06. The summed E-state index contributed by atoms with van der Waals surface area (Å²) in [5.74, 6) is 0.688. The SMILES string of the molecule is Cl.Cl.O=C(C(c1cccc(F)c1)N1CCOCC1)N1CCC(NCC2CC2)CC1. The summed E-state index contributed by atoms with van der Waals surface area (Å²) in [7, 11) is 0. The van der Waals surface area contributed by atoms with Gasteiger partial charge in [-0.3, -0.25) is 9.69 Å². The van der Waals surface area contributed by atoms with Crippen LogP contribution in [-0.2, 0) is 9.53 Å². The topological polar surface area (TPSA) is 44.8 Å². The molecule has 1 atom stereocenters. The number of likely N-dealkylation sites (tertiary alicyclic amines) is 1. The molecule has 3 fully saturated rings. The van der Waals surface area contributed by atoms with E-state index in [-0.39, 0.29) is 36.5 Å². The Morgan fingerprint density at radius 2 is 1.79 bits per heavy atom. The minimum atomic E-state index is -0.416. The highest BCUT2D eigenvalue weighted by atomic mass is 35.5. The van der Waals surface area contributed by atoms with Gasteiger partial charge in [0.2, 0.25) is 5.91 Å². The monoisotopic (exact) mass is 447 g/mol. The molecule has 4 rings (SSSR count). The van der Waals surface area contributed by atoms with Crippen LogP contribution in [0.2, 0.25) is 0 Å². The molecule has 1 aliphatic carbocycles. The average Bonchev–Trinajstić information content (AvgIpc) is 3.52. The number of carbonyl (C=O) groups excluding carboxylic acids is 1. The molecule has 1 saturated carbocycles. The predicted octanol–water partition coefficient (Wildman–Crippen LogP) is 3.03. The highest BCUT2D eigenvalue weighted by Crippen LogP contribution is 2.29. The maximum absolute atomic E-state index is 13.8. The summed E-state index contributed by atoms with van der Waals surface area (Å²) in [6.07, 6.45) is 4.72. The molecule has 2 saturated heterocycles. The third-order valence-electron chi connectivity index (χ3n) is 6.01. The fraction of sp³-hybridized carbons (Fsp3) is 0.667. The van der Waals surface area contributed by atoms with E-state index in [4.69, 9.17) is 4.74 Å². The summed E-state index contributed by atoms with van der Waals surface area (Å²) in [6, 6.07) is 6.60. The standard InChI is InChI=1S/C21H30FN3O2.2ClH/c22-18-3-1-2-17(14-18)20(24-10-12-27-13-11-24)21(26)25-8-6-19(7-9-25)23-15-16-4-5-16;;/h1-3,14,16,19-20,23H,4-13,15H2;2*1H. The minimum Gasteiger partial charge on any atom is -0.379 e. The Hall–Kier alpha value is -0.920. The molecule has 29 heavy (non-hydrogen) atoms. The summed E-state index contributed by atoms with van der Waals surface area (Å²) in [6.45, 7) is 5.31. The second-order valence-corrected chi connectivity index (χ2v) is 8.06. The molecule has 8 heteroatoms. The fourth-order valence-electron chi connectivity index (χ4n) is 4.15. The molecular formula is C21H32Cl2FN3O2. The summed E-state index contributed by atoms with van der Waals surface area (Å²) in [4.78, 5) is 17.5. The Balaban J connectivity index is 0.00000150. The zero-order valence-corrected chi connectivity index (χ0v) is 18.4. The summed E-state index contributed by atoms with van der Waals surface area (Å²) in [5.41, 5.74) is 0.746. The molecule has 2 aliphatic heterocycles. The van der Waals surface area contributed by atoms with Gasteiger partial charge >= 0.3 is 0 Å². The van der Waals surface area contributed by atoms with Crippen molar-refractivity contribution in [3.8, 4) is 0 Å². The second kappa shape index (κ2) is 11.5. The molecule has 1 amide bonds. The number of rotatable bonds is 6. The maximum Gasteiger partial charge on any atom is 0.244 e. The van der Waals surface area contributed by atoms with Crippen LogP contribution >= 0.6 is 24.8 Å². The van der Waals surface area contributed by atoms with Crippen molar-refractivity contribution < 1.29 is 13.9 Å². The summed E-state index contributed by atoms with van der Waals surface area (Å²) >= 11 is 0. The Bertz CT molecular complexity index is 649. The van der Waals surface area contributed by atoms with Gasteiger partial charge in [-0.1, -0.05) is 12.1 Å². The van der Waals surface area contributed by atoms with Gasteiger partial charge in [-0.15, -0.1) is 24.8 Å². The quantitative estimate of drug-likeness (QED) is 0.727. The van der Waals surface area contributed by atoms with Crippen LogP contribution in [0.4, 0.5) is 4.39 Å². The van der Waals surface area contributed by atoms with Crippen molar-refractivity contribution >= 4 is 30.7 Å². The van der Waals surface area contributed by atoms with Gasteiger partial charge in [0.1, 0.15) is 11.9 Å². The molecule has 3 aliphatic rings. The molecule has 0 aromatic heterocycles. The van der Waals surface area contributed by atoms with Crippen LogP contribution in [0.5, 0.6) is 0 Å². The maximum atomic E-state index is 13.8. The first-order chi connectivity index (χ1) is 13.2. The Morgan fingerprint density at radius 3 is 2.41 bits per heavy atom. The highest BCUT2D eigenvalue weighted by molar-refractivity contribution is 5.85. The lowest BCUT2D eigenvalue weighted by Gasteiger charge is -2.39. The van der Waals surface area contributed by atoms with Gasteiger partial charge < -0.3 is 15.0 Å². The van der Waals surface area contributed by atoms with Crippen LogP contribution in [-0.4, -0.2) is 67.7 Å². The number of amides is 1. The molecule has 5 nitrogen and oxygen atoms in total. The first kappa shape index (κ1) is 24.4. The highest BCUT2D eigenvalue weighted by Gasteiger charge is 2.34. The van der Waals surface area contributed by atoms with Crippen molar-refractivity contribution in [2.75, 3.05) is 45.9 Å². The molecule has 0 spiro atoms. The largest absolute Gasteiger partial charge is 0.379 e. The number of morpholine rings is 1. The van der Waals surface area contributed by atoms with Crippen molar-refractivity contribution in [2.45, 2.75) is 37.8 Å². The Labute approximate surface area is 185 Å². The van der Waals surface area contributed by atoms with Crippen molar-refractivity contribution in [3.63, 3.8) is 0 Å². The smallest absolute Gasteiger partial charge is 0.244 e. The molecule has 0 radical (unpaired) electrons. The van der Waals surface area contributed by atoms with Crippen LogP contribution in [0.1, 0.15) is 37.3 Å². The van der Waals surface area contributed by atoms with Crippen LogP contribution < -0.4 is 5.32 Å². The number of hydrogen-bond acceptors (Lipinski definition) is 4. The minimum absolute atomic E-state index is 0. The molecule has 1 aromatic carbocycles. The molecular weight excluding hydrogens is 416 g/mol. The fourth-order valence-corrected chi connectivity index (χ4v) is 4.15. The van der Waals surface area contributed by atoms with Crippen LogP contribution in [0, 0.1) is 11.7 Å². The number of nitrogens with one attached hydrogen (secondary N) is 1. The third-order valence-corrected chi connectivity index (χ3v) is 6.01. The average molecular weight is 448 g/mol. The summed E-state index contributed by atoms with van der Waals surface area (Å²) < 4.78 is 19.3. The van der Waals surface area contributed by atoms with Gasteiger partial charge in [-0.2, -0.15) is 0 Å². The van der Waals surface area contributed by atoms with Gasteiger partial charge in [0, 0.05) is 32.2 Å². The molecule has 1 unspecified atom stereocenters. The molecule has 164 valence electrons. The van der Waals surface area contributed by atoms with E-state index in [9.17, 15) is 9.18 Å². The third kappa shape index (κ3) is 6.53. The Kier molecular flexibility index (Phi) is 9.63. The normalized spacial score (nSPS) is 21.8. The lowest BCUT2D eigenvalue weighted by molar-refractivity contribution is -0.140. The molecule has 1 aromatic rings. The van der Waals surface area contributed by atoms with Crippen molar-refractivity contribution in [2.24, 2.45) is 5.92 Å². The van der Waals surface area contributed by atoms with Crippen LogP contribution in [0.25, 0.3) is 0 Å². The first-order valence-electron chi connectivity index (χ1n) is 10.3. The molecule has 0 bridgehead atoms. The predicted molar refractivity (Wildman–Crippen MR) is 116 cm³/mol. The first-order valence-corrected chi connectivity index (χ1v) is 10.3. The number of ether oxygens (including phenoxy) is 1. The van der Waals surface area contributed by atoms with E-state index in [1.54, 1.807) is 6.07 Å².